The van der Waals surface area contributed by atoms with Crippen LogP contribution in [-0.2, 0) is 14.1 Å². The van der Waals surface area contributed by atoms with Crippen LogP contribution in [0.2, 0.25) is 0 Å². The molecule has 1 amide bonds. The van der Waals surface area contributed by atoms with Crippen LogP contribution in [0.25, 0.3) is 0 Å². The monoisotopic (exact) mass is 306 g/mol. The molecule has 0 aromatic heterocycles. The molecule has 1 unspecified atom stereocenters. The van der Waals surface area contributed by atoms with Gasteiger partial charge in [0.25, 0.3) is 0 Å². The first-order chi connectivity index (χ1) is 10.4. The lowest BCUT2D eigenvalue weighted by Gasteiger charge is -2.64. The van der Waals surface area contributed by atoms with E-state index in [1.54, 1.807) is 0 Å². The van der Waals surface area contributed by atoms with Gasteiger partial charge in [0.05, 0.1) is 24.2 Å². The van der Waals surface area contributed by atoms with Gasteiger partial charge in [-0.05, 0) is 49.9 Å². The van der Waals surface area contributed by atoms with E-state index >= 15 is 0 Å². The number of hydrogen-bond donors (Lipinski definition) is 1. The van der Waals surface area contributed by atoms with E-state index in [-0.39, 0.29) is 37.2 Å². The quantitative estimate of drug-likeness (QED) is 0.779. The smallest absolute Gasteiger partial charge is 0.404 e. The van der Waals surface area contributed by atoms with Crippen molar-refractivity contribution >= 4 is 13.0 Å². The molecule has 0 aromatic rings. The summed E-state index contributed by atoms with van der Waals surface area (Å²) < 4.78 is 12.8. The third-order valence-corrected chi connectivity index (χ3v) is 7.08. The van der Waals surface area contributed by atoms with Crippen LogP contribution in [0.3, 0.4) is 0 Å². The fourth-order valence-electron chi connectivity index (χ4n) is 5.57. The third kappa shape index (κ3) is 1.80. The molecule has 0 aromatic carbocycles. The van der Waals surface area contributed by atoms with Crippen molar-refractivity contribution in [2.45, 2.75) is 64.1 Å². The third-order valence-electron chi connectivity index (χ3n) is 7.08. The summed E-state index contributed by atoms with van der Waals surface area (Å²) in [5.41, 5.74) is 5.71. The van der Waals surface area contributed by atoms with Crippen molar-refractivity contribution in [3.63, 3.8) is 0 Å². The van der Waals surface area contributed by atoms with Crippen LogP contribution in [-0.4, -0.2) is 48.7 Å². The molecular weight excluding hydrogens is 279 g/mol. The van der Waals surface area contributed by atoms with Crippen LogP contribution in [0.4, 0.5) is 0 Å². The Bertz CT molecular complexity index is 500. The SMILES string of the molecule is CC1(C)C2C[C@H]1C[C@H]1OB([C@@H]3CCCN3C(=O)CN)O[C@@]21C. The number of rotatable bonds is 2. The average Bonchev–Trinajstić information content (AvgIpc) is 3.08. The Balaban J connectivity index is 1.54. The summed E-state index contributed by atoms with van der Waals surface area (Å²) in [6.45, 7) is 7.81. The predicted octanol–water partition coefficient (Wildman–Crippen LogP) is 1.20. The van der Waals surface area contributed by atoms with E-state index in [1.165, 1.54) is 6.42 Å². The van der Waals surface area contributed by atoms with Crippen LogP contribution < -0.4 is 5.73 Å². The standard InChI is InChI=1S/C16H27BN2O3/c1-15(2)10-7-11(15)16(3)12(8-10)21-17(22-16)13-5-4-6-19(13)14(20)9-18/h10-13H,4-9,18H2,1-3H3/t10-,11?,12+,13-,16-/m0/s1. The fourth-order valence-corrected chi connectivity index (χ4v) is 5.57. The minimum absolute atomic E-state index is 0.0133. The van der Waals surface area contributed by atoms with E-state index < -0.39 is 0 Å². The second-order valence-corrected chi connectivity index (χ2v) is 8.34. The molecule has 5 atom stereocenters. The van der Waals surface area contributed by atoms with Gasteiger partial charge in [-0.15, -0.1) is 0 Å². The highest BCUT2D eigenvalue weighted by atomic mass is 16.7. The van der Waals surface area contributed by atoms with Crippen molar-refractivity contribution in [1.82, 2.24) is 4.90 Å². The molecule has 2 bridgehead atoms. The minimum Gasteiger partial charge on any atom is -0.404 e. The summed E-state index contributed by atoms with van der Waals surface area (Å²) in [5, 5.41) is 0. The second kappa shape index (κ2) is 4.71. The number of likely N-dealkylation sites (tertiary alicyclic amines) is 1. The first-order valence-electron chi connectivity index (χ1n) is 8.70. The van der Waals surface area contributed by atoms with Crippen molar-refractivity contribution in [2.75, 3.05) is 13.1 Å². The maximum Gasteiger partial charge on any atom is 0.481 e. The highest BCUT2D eigenvalue weighted by Gasteiger charge is 2.68. The molecular formula is C16H27BN2O3. The summed E-state index contributed by atoms with van der Waals surface area (Å²) in [5.74, 6) is 1.37. The predicted molar refractivity (Wildman–Crippen MR) is 83.9 cm³/mol. The first-order valence-corrected chi connectivity index (χ1v) is 8.70. The normalized spacial score (nSPS) is 45.6. The molecule has 5 nitrogen and oxygen atoms in total. The number of amides is 1. The molecule has 5 fully saturated rings. The van der Waals surface area contributed by atoms with Crippen LogP contribution in [0.5, 0.6) is 0 Å². The van der Waals surface area contributed by atoms with Crippen molar-refractivity contribution in [3.05, 3.63) is 0 Å². The summed E-state index contributed by atoms with van der Waals surface area (Å²) >= 11 is 0. The molecule has 2 aliphatic heterocycles. The highest BCUT2D eigenvalue weighted by Crippen LogP contribution is 2.65. The summed E-state index contributed by atoms with van der Waals surface area (Å²) in [4.78, 5) is 13.9. The Morgan fingerprint density at radius 2 is 2.14 bits per heavy atom. The number of hydrogen-bond acceptors (Lipinski definition) is 4. The average molecular weight is 306 g/mol. The van der Waals surface area contributed by atoms with Gasteiger partial charge in [0.2, 0.25) is 5.91 Å². The molecule has 3 aliphatic carbocycles. The molecule has 5 rings (SSSR count). The van der Waals surface area contributed by atoms with Gasteiger partial charge in [0, 0.05) is 6.54 Å². The first kappa shape index (κ1) is 15.0. The minimum atomic E-state index is -0.275. The van der Waals surface area contributed by atoms with Crippen LogP contribution in [0.15, 0.2) is 0 Å². The van der Waals surface area contributed by atoms with E-state index in [9.17, 15) is 4.79 Å². The van der Waals surface area contributed by atoms with Crippen molar-refractivity contribution in [2.24, 2.45) is 23.0 Å². The van der Waals surface area contributed by atoms with Crippen molar-refractivity contribution in [3.8, 4) is 0 Å². The molecule has 0 radical (unpaired) electrons. The van der Waals surface area contributed by atoms with E-state index in [4.69, 9.17) is 15.0 Å². The number of carbonyl (C=O) groups excluding carboxylic acids is 1. The van der Waals surface area contributed by atoms with Crippen LogP contribution >= 0.6 is 0 Å². The lowest BCUT2D eigenvalue weighted by atomic mass is 9.43. The van der Waals surface area contributed by atoms with Gasteiger partial charge < -0.3 is 19.9 Å². The van der Waals surface area contributed by atoms with E-state index in [0.717, 1.165) is 31.7 Å². The lowest BCUT2D eigenvalue weighted by Crippen LogP contribution is -2.65. The van der Waals surface area contributed by atoms with Gasteiger partial charge >= 0.3 is 7.12 Å². The zero-order valence-corrected chi connectivity index (χ0v) is 13.9. The zero-order chi connectivity index (χ0) is 15.7. The molecule has 122 valence electrons. The molecule has 2 heterocycles. The zero-order valence-electron chi connectivity index (χ0n) is 13.9. The Labute approximate surface area is 133 Å². The largest absolute Gasteiger partial charge is 0.481 e. The van der Waals surface area contributed by atoms with Crippen LogP contribution in [0.1, 0.15) is 46.5 Å². The molecule has 0 spiro atoms. The lowest BCUT2D eigenvalue weighted by molar-refractivity contribution is -0.199. The molecule has 3 saturated carbocycles. The van der Waals surface area contributed by atoms with E-state index in [1.807, 2.05) is 4.90 Å². The Kier molecular flexibility index (Phi) is 3.21. The van der Waals surface area contributed by atoms with Crippen LogP contribution in [0, 0.1) is 17.3 Å². The molecule has 6 heteroatoms. The highest BCUT2D eigenvalue weighted by molar-refractivity contribution is 6.48. The van der Waals surface area contributed by atoms with Gasteiger partial charge in [0.15, 0.2) is 0 Å². The van der Waals surface area contributed by atoms with Gasteiger partial charge in [-0.25, -0.2) is 0 Å². The van der Waals surface area contributed by atoms with Gasteiger partial charge in [-0.2, -0.15) is 0 Å². The Hall–Kier alpha value is -0.585. The maximum absolute atomic E-state index is 12.0. The molecule has 5 aliphatic rings. The van der Waals surface area contributed by atoms with Gasteiger partial charge in [0.1, 0.15) is 0 Å². The summed E-state index contributed by atoms with van der Waals surface area (Å²) in [6, 6.07) is 0. The maximum atomic E-state index is 12.0. The fraction of sp³-hybridized carbons (Fsp3) is 0.938. The second-order valence-electron chi connectivity index (χ2n) is 8.34. The number of carbonyl (C=O) groups is 1. The number of nitrogens with zero attached hydrogens (tertiary/aromatic N) is 1. The Morgan fingerprint density at radius 3 is 2.82 bits per heavy atom. The molecule has 2 saturated heterocycles. The van der Waals surface area contributed by atoms with Crippen molar-refractivity contribution < 1.29 is 14.1 Å². The Morgan fingerprint density at radius 1 is 1.36 bits per heavy atom. The van der Waals surface area contributed by atoms with Crippen molar-refractivity contribution in [1.29, 1.82) is 0 Å². The molecule has 22 heavy (non-hydrogen) atoms. The van der Waals surface area contributed by atoms with Gasteiger partial charge in [-0.3, -0.25) is 4.79 Å². The van der Waals surface area contributed by atoms with E-state index in [0.29, 0.717) is 11.3 Å². The van der Waals surface area contributed by atoms with E-state index in [2.05, 4.69) is 20.8 Å². The molecule has 2 N–H and O–H groups in total. The van der Waals surface area contributed by atoms with Gasteiger partial charge in [-0.1, -0.05) is 13.8 Å². The summed E-state index contributed by atoms with van der Waals surface area (Å²) in [7, 11) is -0.275. The number of nitrogens with two attached hydrogens (primary N) is 1. The topological polar surface area (TPSA) is 64.8 Å². The summed E-state index contributed by atoms with van der Waals surface area (Å²) in [6.07, 6.45) is 4.50.